The Kier molecular flexibility index (Phi) is 4.91. The van der Waals surface area contributed by atoms with Crippen molar-refractivity contribution in [2.75, 3.05) is 25.0 Å². The molecule has 1 aliphatic rings. The van der Waals surface area contributed by atoms with Crippen LogP contribution in [0.1, 0.15) is 30.9 Å². The van der Waals surface area contributed by atoms with E-state index in [1.807, 2.05) is 32.9 Å². The number of benzene rings is 1. The largest absolute Gasteiger partial charge is 0.390 e. The van der Waals surface area contributed by atoms with Crippen molar-refractivity contribution in [2.24, 2.45) is 0 Å². The number of hydrogen-bond acceptors (Lipinski definition) is 3. The fourth-order valence-electron chi connectivity index (χ4n) is 2.65. The molecule has 2 N–H and O–H groups in total. The third kappa shape index (κ3) is 4.43. The summed E-state index contributed by atoms with van der Waals surface area (Å²) in [7, 11) is 0. The van der Waals surface area contributed by atoms with E-state index in [9.17, 15) is 9.90 Å². The van der Waals surface area contributed by atoms with Gasteiger partial charge in [-0.05, 0) is 50.8 Å². The molecule has 5 heteroatoms. The average Bonchev–Trinajstić information content (AvgIpc) is 2.36. The predicted molar refractivity (Wildman–Crippen MR) is 85.9 cm³/mol. The molecule has 21 heavy (non-hydrogen) atoms. The molecule has 1 aromatic carbocycles. The number of piperidine rings is 1. The molecule has 0 bridgehead atoms. The molecule has 0 aliphatic carbocycles. The Bertz CT molecular complexity index is 510. The van der Waals surface area contributed by atoms with Gasteiger partial charge < -0.3 is 10.4 Å². The van der Waals surface area contributed by atoms with Crippen molar-refractivity contribution < 1.29 is 9.90 Å². The summed E-state index contributed by atoms with van der Waals surface area (Å²) in [5, 5.41) is 13.4. The molecule has 0 unspecified atom stereocenters. The topological polar surface area (TPSA) is 52.6 Å². The van der Waals surface area contributed by atoms with Gasteiger partial charge in [0.2, 0.25) is 5.91 Å². The van der Waals surface area contributed by atoms with Crippen molar-refractivity contribution in [2.45, 2.75) is 39.2 Å². The first-order valence-corrected chi connectivity index (χ1v) is 7.66. The Morgan fingerprint density at radius 1 is 1.38 bits per heavy atom. The van der Waals surface area contributed by atoms with Crippen LogP contribution in [0.4, 0.5) is 5.69 Å². The van der Waals surface area contributed by atoms with Gasteiger partial charge in [0.15, 0.2) is 0 Å². The molecule has 1 aromatic rings. The highest BCUT2D eigenvalue weighted by atomic mass is 35.5. The lowest BCUT2D eigenvalue weighted by atomic mass is 9.94. The number of nitrogens with zero attached hydrogens (tertiary/aromatic N) is 1. The molecule has 1 heterocycles. The van der Waals surface area contributed by atoms with E-state index < -0.39 is 5.60 Å². The molecule has 0 spiro atoms. The smallest absolute Gasteiger partial charge is 0.238 e. The summed E-state index contributed by atoms with van der Waals surface area (Å²) in [6, 6.07) is 3.85. The van der Waals surface area contributed by atoms with E-state index in [0.717, 1.165) is 24.2 Å². The minimum Gasteiger partial charge on any atom is -0.390 e. The highest BCUT2D eigenvalue weighted by Gasteiger charge is 2.28. The van der Waals surface area contributed by atoms with E-state index in [2.05, 4.69) is 10.2 Å². The summed E-state index contributed by atoms with van der Waals surface area (Å²) in [5.41, 5.74) is 2.14. The van der Waals surface area contributed by atoms with Crippen LogP contribution in [0.5, 0.6) is 0 Å². The molecule has 0 atom stereocenters. The number of carbonyl (C=O) groups is 1. The van der Waals surface area contributed by atoms with Crippen LogP contribution in [0, 0.1) is 13.8 Å². The molecule has 2 rings (SSSR count). The zero-order chi connectivity index (χ0) is 15.6. The van der Waals surface area contributed by atoms with Gasteiger partial charge in [-0.2, -0.15) is 0 Å². The number of carbonyl (C=O) groups excluding carboxylic acids is 1. The Hall–Kier alpha value is -1.10. The summed E-state index contributed by atoms with van der Waals surface area (Å²) in [4.78, 5) is 14.2. The Morgan fingerprint density at radius 2 is 2.00 bits per heavy atom. The van der Waals surface area contributed by atoms with Gasteiger partial charge in [0.25, 0.3) is 0 Å². The van der Waals surface area contributed by atoms with Gasteiger partial charge in [-0.1, -0.05) is 17.7 Å². The van der Waals surface area contributed by atoms with Gasteiger partial charge >= 0.3 is 0 Å². The second-order valence-electron chi connectivity index (χ2n) is 6.26. The van der Waals surface area contributed by atoms with E-state index in [1.165, 1.54) is 0 Å². The van der Waals surface area contributed by atoms with Gasteiger partial charge in [-0.25, -0.2) is 0 Å². The maximum Gasteiger partial charge on any atom is 0.238 e. The lowest BCUT2D eigenvalue weighted by Crippen LogP contribution is -2.45. The monoisotopic (exact) mass is 310 g/mol. The third-order valence-corrected chi connectivity index (χ3v) is 4.29. The van der Waals surface area contributed by atoms with Crippen LogP contribution < -0.4 is 5.32 Å². The second-order valence-corrected chi connectivity index (χ2v) is 6.67. The first-order valence-electron chi connectivity index (χ1n) is 7.28. The van der Waals surface area contributed by atoms with Crippen LogP contribution in [0.25, 0.3) is 0 Å². The maximum absolute atomic E-state index is 12.2. The lowest BCUT2D eigenvalue weighted by Gasteiger charge is -2.35. The van der Waals surface area contributed by atoms with Crippen molar-refractivity contribution in [3.63, 3.8) is 0 Å². The number of hydrogen-bond donors (Lipinski definition) is 2. The van der Waals surface area contributed by atoms with E-state index in [1.54, 1.807) is 0 Å². The first-order chi connectivity index (χ1) is 9.77. The van der Waals surface area contributed by atoms with E-state index in [0.29, 0.717) is 30.1 Å². The average molecular weight is 311 g/mol. The van der Waals surface area contributed by atoms with Gasteiger partial charge in [-0.3, -0.25) is 9.69 Å². The zero-order valence-electron chi connectivity index (χ0n) is 12.9. The molecule has 4 nitrogen and oxygen atoms in total. The molecule has 1 saturated heterocycles. The van der Waals surface area contributed by atoms with Crippen LogP contribution in [0.15, 0.2) is 12.1 Å². The van der Waals surface area contributed by atoms with Crippen molar-refractivity contribution in [3.8, 4) is 0 Å². The number of nitrogens with one attached hydrogen (secondary N) is 1. The summed E-state index contributed by atoms with van der Waals surface area (Å²) >= 11 is 6.20. The first kappa shape index (κ1) is 16.3. The van der Waals surface area contributed by atoms with Crippen molar-refractivity contribution in [3.05, 3.63) is 28.3 Å². The number of rotatable bonds is 3. The number of halogens is 1. The Balaban J connectivity index is 1.94. The van der Waals surface area contributed by atoms with Crippen molar-refractivity contribution >= 4 is 23.2 Å². The fraction of sp³-hybridized carbons (Fsp3) is 0.562. The fourth-order valence-corrected chi connectivity index (χ4v) is 3.02. The maximum atomic E-state index is 12.2. The van der Waals surface area contributed by atoms with E-state index in [-0.39, 0.29) is 5.91 Å². The van der Waals surface area contributed by atoms with Crippen LogP contribution in [-0.4, -0.2) is 41.1 Å². The molecule has 1 aliphatic heterocycles. The van der Waals surface area contributed by atoms with Gasteiger partial charge in [-0.15, -0.1) is 0 Å². The summed E-state index contributed by atoms with van der Waals surface area (Å²) in [5.74, 6) is -0.0644. The van der Waals surface area contributed by atoms with Crippen molar-refractivity contribution in [1.82, 2.24) is 4.90 Å². The minimum atomic E-state index is -0.593. The Morgan fingerprint density at radius 3 is 2.57 bits per heavy atom. The molecular formula is C16H23ClN2O2. The standard InChI is InChI=1S/C16H23ClN2O2/c1-11-8-12(2)15(13(17)9-11)18-14(20)10-19-6-4-16(3,21)5-7-19/h8-9,21H,4-7,10H2,1-3H3,(H,18,20). The lowest BCUT2D eigenvalue weighted by molar-refractivity contribution is -0.118. The van der Waals surface area contributed by atoms with Gasteiger partial charge in [0.05, 0.1) is 22.9 Å². The Labute approximate surface area is 131 Å². The molecule has 0 saturated carbocycles. The normalized spacial score (nSPS) is 18.5. The number of anilines is 1. The van der Waals surface area contributed by atoms with E-state index >= 15 is 0 Å². The third-order valence-electron chi connectivity index (χ3n) is 4.00. The molecule has 116 valence electrons. The van der Waals surface area contributed by atoms with Crippen LogP contribution in [-0.2, 0) is 4.79 Å². The highest BCUT2D eigenvalue weighted by Crippen LogP contribution is 2.27. The van der Waals surface area contributed by atoms with Gasteiger partial charge in [0.1, 0.15) is 0 Å². The minimum absolute atomic E-state index is 0.0644. The number of aliphatic hydroxyl groups is 1. The molecule has 1 amide bonds. The zero-order valence-corrected chi connectivity index (χ0v) is 13.6. The van der Waals surface area contributed by atoms with Gasteiger partial charge in [0, 0.05) is 13.1 Å². The quantitative estimate of drug-likeness (QED) is 0.902. The van der Waals surface area contributed by atoms with Crippen LogP contribution in [0.3, 0.4) is 0 Å². The number of aryl methyl sites for hydroxylation is 2. The van der Waals surface area contributed by atoms with Crippen molar-refractivity contribution in [1.29, 1.82) is 0 Å². The molecule has 0 aromatic heterocycles. The van der Waals surface area contributed by atoms with Crippen LogP contribution >= 0.6 is 11.6 Å². The summed E-state index contributed by atoms with van der Waals surface area (Å²) in [6.07, 6.45) is 1.40. The molecule has 0 radical (unpaired) electrons. The predicted octanol–water partition coefficient (Wildman–Crippen LogP) is 2.74. The number of likely N-dealkylation sites (tertiary alicyclic amines) is 1. The molecular weight excluding hydrogens is 288 g/mol. The second kappa shape index (κ2) is 6.34. The summed E-state index contributed by atoms with van der Waals surface area (Å²) < 4.78 is 0. The summed E-state index contributed by atoms with van der Waals surface area (Å²) in [6.45, 7) is 7.57. The van der Waals surface area contributed by atoms with E-state index in [4.69, 9.17) is 11.6 Å². The van der Waals surface area contributed by atoms with Crippen LogP contribution in [0.2, 0.25) is 5.02 Å². The SMILES string of the molecule is Cc1cc(C)c(NC(=O)CN2CCC(C)(O)CC2)c(Cl)c1. The molecule has 1 fully saturated rings. The number of amides is 1. The highest BCUT2D eigenvalue weighted by molar-refractivity contribution is 6.34.